The standard InChI is InChI=1S/C18H14BrN3O3/c19-13-10-17-16(24-6-1-7-25-17)9-12(13)18(23)22-11-2-3-14-15(8-11)21-5-4-20-14/h2-5,8-10H,1,6-7H2,(H,22,23). The molecule has 0 aliphatic carbocycles. The number of benzene rings is 2. The maximum Gasteiger partial charge on any atom is 0.256 e. The Morgan fingerprint density at radius 3 is 2.52 bits per heavy atom. The van der Waals surface area contributed by atoms with Gasteiger partial charge in [-0.15, -0.1) is 0 Å². The summed E-state index contributed by atoms with van der Waals surface area (Å²) in [7, 11) is 0. The molecule has 126 valence electrons. The number of halogens is 1. The fourth-order valence-corrected chi connectivity index (χ4v) is 3.10. The van der Waals surface area contributed by atoms with Gasteiger partial charge in [-0.1, -0.05) is 0 Å². The van der Waals surface area contributed by atoms with Crippen LogP contribution < -0.4 is 14.8 Å². The van der Waals surface area contributed by atoms with Crippen molar-refractivity contribution in [3.63, 3.8) is 0 Å². The van der Waals surface area contributed by atoms with Crippen LogP contribution in [-0.2, 0) is 0 Å². The second-order valence-corrected chi connectivity index (χ2v) is 6.40. The summed E-state index contributed by atoms with van der Waals surface area (Å²) in [6.45, 7) is 1.17. The fourth-order valence-electron chi connectivity index (χ4n) is 2.60. The SMILES string of the molecule is O=C(Nc1ccc2nccnc2c1)c1cc2c(cc1Br)OCCCO2. The predicted molar refractivity (Wildman–Crippen MR) is 97.2 cm³/mol. The molecule has 25 heavy (non-hydrogen) atoms. The third-order valence-corrected chi connectivity index (χ3v) is 4.47. The van der Waals surface area contributed by atoms with Crippen LogP contribution in [0.4, 0.5) is 5.69 Å². The van der Waals surface area contributed by atoms with E-state index in [1.54, 1.807) is 36.7 Å². The highest BCUT2D eigenvalue weighted by atomic mass is 79.9. The van der Waals surface area contributed by atoms with Gasteiger partial charge < -0.3 is 14.8 Å². The molecule has 1 aliphatic rings. The van der Waals surface area contributed by atoms with E-state index in [2.05, 4.69) is 31.2 Å². The first-order valence-electron chi connectivity index (χ1n) is 7.82. The number of carbonyl (C=O) groups is 1. The predicted octanol–water partition coefficient (Wildman–Crippen LogP) is 3.81. The summed E-state index contributed by atoms with van der Waals surface area (Å²) >= 11 is 3.44. The number of anilines is 1. The van der Waals surface area contributed by atoms with Gasteiger partial charge in [0.25, 0.3) is 5.91 Å². The molecule has 0 spiro atoms. The lowest BCUT2D eigenvalue weighted by Crippen LogP contribution is -2.13. The first-order chi connectivity index (χ1) is 12.2. The van der Waals surface area contributed by atoms with Crippen molar-refractivity contribution < 1.29 is 14.3 Å². The third-order valence-electron chi connectivity index (χ3n) is 3.81. The second-order valence-electron chi connectivity index (χ2n) is 5.54. The number of amides is 1. The number of hydrogen-bond acceptors (Lipinski definition) is 5. The van der Waals surface area contributed by atoms with Crippen molar-refractivity contribution in [3.8, 4) is 11.5 Å². The Morgan fingerprint density at radius 2 is 1.72 bits per heavy atom. The van der Waals surface area contributed by atoms with E-state index in [1.165, 1.54) is 0 Å². The van der Waals surface area contributed by atoms with Crippen LogP contribution >= 0.6 is 15.9 Å². The van der Waals surface area contributed by atoms with E-state index in [9.17, 15) is 4.79 Å². The van der Waals surface area contributed by atoms with Gasteiger partial charge in [0.2, 0.25) is 0 Å². The Hall–Kier alpha value is -2.67. The first kappa shape index (κ1) is 15.8. The van der Waals surface area contributed by atoms with Gasteiger partial charge in [-0.3, -0.25) is 14.8 Å². The molecule has 0 saturated heterocycles. The summed E-state index contributed by atoms with van der Waals surface area (Å²) in [4.78, 5) is 21.1. The number of aromatic nitrogens is 2. The van der Waals surface area contributed by atoms with Crippen LogP contribution in [0.1, 0.15) is 16.8 Å². The van der Waals surface area contributed by atoms with Crippen molar-refractivity contribution in [1.29, 1.82) is 0 Å². The van der Waals surface area contributed by atoms with Gasteiger partial charge in [0, 0.05) is 29.0 Å². The minimum absolute atomic E-state index is 0.245. The summed E-state index contributed by atoms with van der Waals surface area (Å²) in [5.74, 6) is 0.975. The van der Waals surface area contributed by atoms with Crippen molar-refractivity contribution in [2.45, 2.75) is 6.42 Å². The Kier molecular flexibility index (Phi) is 4.23. The van der Waals surface area contributed by atoms with E-state index < -0.39 is 0 Å². The molecule has 6 nitrogen and oxygen atoms in total. The average molecular weight is 400 g/mol. The summed E-state index contributed by atoms with van der Waals surface area (Å²) in [6.07, 6.45) is 4.07. The molecule has 7 heteroatoms. The fraction of sp³-hybridized carbons (Fsp3) is 0.167. The molecule has 4 rings (SSSR count). The van der Waals surface area contributed by atoms with Crippen molar-refractivity contribution in [3.05, 3.63) is 52.8 Å². The molecule has 1 aliphatic heterocycles. The third kappa shape index (κ3) is 3.28. The lowest BCUT2D eigenvalue weighted by molar-refractivity contribution is 0.102. The van der Waals surface area contributed by atoms with Gasteiger partial charge in [-0.05, 0) is 46.3 Å². The lowest BCUT2D eigenvalue weighted by atomic mass is 10.1. The quantitative estimate of drug-likeness (QED) is 0.709. The normalized spacial score (nSPS) is 13.3. The number of fused-ring (bicyclic) bond motifs is 2. The minimum Gasteiger partial charge on any atom is -0.490 e. The Morgan fingerprint density at radius 1 is 1.00 bits per heavy atom. The van der Waals surface area contributed by atoms with E-state index in [0.29, 0.717) is 40.4 Å². The highest BCUT2D eigenvalue weighted by Gasteiger charge is 2.18. The monoisotopic (exact) mass is 399 g/mol. The van der Waals surface area contributed by atoms with Gasteiger partial charge in [0.15, 0.2) is 11.5 Å². The molecular formula is C18H14BrN3O3. The van der Waals surface area contributed by atoms with Crippen LogP contribution in [0.25, 0.3) is 11.0 Å². The molecule has 0 atom stereocenters. The average Bonchev–Trinajstić information content (AvgIpc) is 2.85. The smallest absolute Gasteiger partial charge is 0.256 e. The molecule has 2 aromatic carbocycles. The number of nitrogens with zero attached hydrogens (tertiary/aromatic N) is 2. The van der Waals surface area contributed by atoms with E-state index in [1.807, 2.05) is 6.07 Å². The van der Waals surface area contributed by atoms with E-state index in [4.69, 9.17) is 9.47 Å². The van der Waals surface area contributed by atoms with E-state index in [-0.39, 0.29) is 5.91 Å². The summed E-state index contributed by atoms with van der Waals surface area (Å²) in [5, 5.41) is 2.88. The number of rotatable bonds is 2. The zero-order valence-electron chi connectivity index (χ0n) is 13.2. The van der Waals surface area contributed by atoms with Crippen molar-refractivity contribution in [2.75, 3.05) is 18.5 Å². The molecule has 0 unspecified atom stereocenters. The van der Waals surface area contributed by atoms with Crippen LogP contribution in [0.3, 0.4) is 0 Å². The van der Waals surface area contributed by atoms with Gasteiger partial charge in [0.05, 0.1) is 29.8 Å². The zero-order valence-corrected chi connectivity index (χ0v) is 14.7. The largest absolute Gasteiger partial charge is 0.490 e. The number of nitrogens with one attached hydrogen (secondary N) is 1. The molecule has 0 saturated carbocycles. The number of carbonyl (C=O) groups excluding carboxylic acids is 1. The molecular weight excluding hydrogens is 386 g/mol. The van der Waals surface area contributed by atoms with Crippen LogP contribution in [0.5, 0.6) is 11.5 Å². The second kappa shape index (κ2) is 6.68. The van der Waals surface area contributed by atoms with Crippen LogP contribution in [0.15, 0.2) is 47.2 Å². The van der Waals surface area contributed by atoms with Crippen LogP contribution in [0.2, 0.25) is 0 Å². The molecule has 1 aromatic heterocycles. The lowest BCUT2D eigenvalue weighted by Gasteiger charge is -2.12. The van der Waals surface area contributed by atoms with Gasteiger partial charge in [0.1, 0.15) is 0 Å². The molecule has 3 aromatic rings. The number of ether oxygens (including phenoxy) is 2. The highest BCUT2D eigenvalue weighted by molar-refractivity contribution is 9.10. The summed E-state index contributed by atoms with van der Waals surface area (Å²) < 4.78 is 11.9. The molecule has 2 heterocycles. The van der Waals surface area contributed by atoms with Gasteiger partial charge in [-0.2, -0.15) is 0 Å². The zero-order chi connectivity index (χ0) is 17.2. The van der Waals surface area contributed by atoms with Crippen LogP contribution in [0, 0.1) is 0 Å². The highest BCUT2D eigenvalue weighted by Crippen LogP contribution is 2.35. The Bertz CT molecular complexity index is 961. The molecule has 1 amide bonds. The first-order valence-corrected chi connectivity index (χ1v) is 8.61. The minimum atomic E-state index is -0.245. The summed E-state index contributed by atoms with van der Waals surface area (Å²) in [5.41, 5.74) is 2.62. The van der Waals surface area contributed by atoms with E-state index >= 15 is 0 Å². The van der Waals surface area contributed by atoms with Gasteiger partial charge >= 0.3 is 0 Å². The number of hydrogen-bond donors (Lipinski definition) is 1. The topological polar surface area (TPSA) is 73.3 Å². The maximum absolute atomic E-state index is 12.7. The maximum atomic E-state index is 12.7. The molecule has 1 N–H and O–H groups in total. The van der Waals surface area contributed by atoms with Crippen molar-refractivity contribution in [1.82, 2.24) is 9.97 Å². The molecule has 0 radical (unpaired) electrons. The van der Waals surface area contributed by atoms with Gasteiger partial charge in [-0.25, -0.2) is 0 Å². The Labute approximate surface area is 152 Å². The Balaban J connectivity index is 1.62. The van der Waals surface area contributed by atoms with Crippen molar-refractivity contribution in [2.24, 2.45) is 0 Å². The van der Waals surface area contributed by atoms with E-state index in [0.717, 1.165) is 17.5 Å². The van der Waals surface area contributed by atoms with Crippen LogP contribution in [-0.4, -0.2) is 29.1 Å². The molecule has 0 fully saturated rings. The molecule has 0 bridgehead atoms. The summed E-state index contributed by atoms with van der Waals surface area (Å²) in [6, 6.07) is 8.87. The van der Waals surface area contributed by atoms with Crippen molar-refractivity contribution >= 4 is 38.6 Å².